The monoisotopic (exact) mass is 421 g/mol. The number of aliphatic hydroxyl groups excluding tert-OH is 1. The normalized spacial score (nSPS) is 25.5. The van der Waals surface area contributed by atoms with Crippen molar-refractivity contribution in [1.29, 1.82) is 0 Å². The molecule has 2 rings (SSSR count). The van der Waals surface area contributed by atoms with Gasteiger partial charge >= 0.3 is 11.9 Å². The number of thioether (sulfide) groups is 2. The first kappa shape index (κ1) is 21.5. The van der Waals surface area contributed by atoms with E-state index in [9.17, 15) is 29.4 Å². The standard InChI is InChI=1S/C14H19N3O8S2/c1-25-14(16-8(19)5-26-4-7(15)10(20)21)12(24)17-9(11(22)23)6(2-18)3-27-13(14)17/h7,13,18H,2-5,15H2,1H3,(H,16,19)(H,20,21)(H,22,23)/t7-,13?,14+/m1/s1. The zero-order valence-corrected chi connectivity index (χ0v) is 15.8. The summed E-state index contributed by atoms with van der Waals surface area (Å²) in [7, 11) is 1.22. The minimum absolute atomic E-state index is 0.00669. The fraction of sp³-hybridized carbons (Fsp3) is 0.571. The molecule has 150 valence electrons. The quantitative estimate of drug-likeness (QED) is 0.202. The van der Waals surface area contributed by atoms with Crippen molar-refractivity contribution in [2.24, 2.45) is 5.73 Å². The lowest BCUT2D eigenvalue weighted by Crippen LogP contribution is -2.80. The summed E-state index contributed by atoms with van der Waals surface area (Å²) in [5, 5.41) is 29.0. The molecule has 27 heavy (non-hydrogen) atoms. The summed E-state index contributed by atoms with van der Waals surface area (Å²) < 4.78 is 5.24. The Labute approximate surface area is 162 Å². The molecule has 0 aromatic heterocycles. The van der Waals surface area contributed by atoms with Crippen LogP contribution in [0.5, 0.6) is 0 Å². The summed E-state index contributed by atoms with van der Waals surface area (Å²) in [5.41, 5.74) is 3.52. The first-order chi connectivity index (χ1) is 12.7. The number of aliphatic carboxylic acids is 2. The molecule has 2 aliphatic heterocycles. The molecule has 6 N–H and O–H groups in total. The van der Waals surface area contributed by atoms with Crippen LogP contribution >= 0.6 is 23.5 Å². The second kappa shape index (κ2) is 8.48. The lowest BCUT2D eigenvalue weighted by Gasteiger charge is -2.55. The number of nitrogens with two attached hydrogens (primary N) is 1. The molecule has 13 heteroatoms. The Hall–Kier alpha value is -1.80. The van der Waals surface area contributed by atoms with Crippen LogP contribution in [0.4, 0.5) is 0 Å². The van der Waals surface area contributed by atoms with Crippen molar-refractivity contribution in [3.05, 3.63) is 11.3 Å². The molecule has 1 saturated heterocycles. The van der Waals surface area contributed by atoms with Crippen LogP contribution < -0.4 is 11.1 Å². The molecule has 0 bridgehead atoms. The topological polar surface area (TPSA) is 179 Å². The molecule has 0 radical (unpaired) electrons. The molecule has 0 spiro atoms. The third kappa shape index (κ3) is 3.91. The lowest BCUT2D eigenvalue weighted by molar-refractivity contribution is -0.192. The molecular formula is C14H19N3O8S2. The van der Waals surface area contributed by atoms with Gasteiger partial charge in [0.25, 0.3) is 11.6 Å². The summed E-state index contributed by atoms with van der Waals surface area (Å²) in [6, 6.07) is -1.12. The summed E-state index contributed by atoms with van der Waals surface area (Å²) in [6.07, 6.45) is 0. The highest BCUT2D eigenvalue weighted by molar-refractivity contribution is 8.00. The van der Waals surface area contributed by atoms with Crippen LogP contribution in [-0.4, -0.2) is 92.1 Å². The summed E-state index contributed by atoms with van der Waals surface area (Å²) in [5.74, 6) is -3.87. The minimum Gasteiger partial charge on any atom is -0.480 e. The molecule has 3 atom stereocenters. The van der Waals surface area contributed by atoms with E-state index in [1.54, 1.807) is 0 Å². The van der Waals surface area contributed by atoms with E-state index in [0.717, 1.165) is 28.4 Å². The van der Waals surface area contributed by atoms with Gasteiger partial charge in [0.2, 0.25) is 5.91 Å². The molecule has 0 aromatic carbocycles. The van der Waals surface area contributed by atoms with Gasteiger partial charge in [-0.15, -0.1) is 23.5 Å². The number of carboxylic acid groups (broad SMARTS) is 2. The van der Waals surface area contributed by atoms with Crippen LogP contribution in [0.15, 0.2) is 11.3 Å². The van der Waals surface area contributed by atoms with Crippen LogP contribution in [0.25, 0.3) is 0 Å². The number of hydrogen-bond acceptors (Lipinski definition) is 9. The molecule has 0 aliphatic carbocycles. The van der Waals surface area contributed by atoms with Gasteiger partial charge in [0, 0.05) is 18.6 Å². The zero-order chi connectivity index (χ0) is 20.4. The first-order valence-corrected chi connectivity index (χ1v) is 9.83. The van der Waals surface area contributed by atoms with Gasteiger partial charge < -0.3 is 31.1 Å². The minimum atomic E-state index is -1.72. The molecule has 2 heterocycles. The maximum Gasteiger partial charge on any atom is 0.352 e. The Morgan fingerprint density at radius 2 is 2.15 bits per heavy atom. The predicted molar refractivity (Wildman–Crippen MR) is 95.7 cm³/mol. The number of β-lactam (4-membered cyclic amide) rings is 1. The molecular weight excluding hydrogens is 402 g/mol. The van der Waals surface area contributed by atoms with Crippen molar-refractivity contribution in [3.63, 3.8) is 0 Å². The number of ether oxygens (including phenoxy) is 1. The Morgan fingerprint density at radius 1 is 1.48 bits per heavy atom. The molecule has 0 aromatic rings. The number of aliphatic hydroxyl groups is 1. The van der Waals surface area contributed by atoms with E-state index in [-0.39, 0.29) is 28.5 Å². The van der Waals surface area contributed by atoms with Gasteiger partial charge in [-0.25, -0.2) is 4.79 Å². The van der Waals surface area contributed by atoms with Gasteiger partial charge in [-0.2, -0.15) is 0 Å². The molecule has 1 fully saturated rings. The van der Waals surface area contributed by atoms with Gasteiger partial charge in [-0.05, 0) is 5.57 Å². The van der Waals surface area contributed by atoms with Crippen LogP contribution in [-0.2, 0) is 23.9 Å². The van der Waals surface area contributed by atoms with E-state index in [4.69, 9.17) is 15.6 Å². The van der Waals surface area contributed by atoms with Crippen LogP contribution in [0.2, 0.25) is 0 Å². The third-order valence-corrected chi connectivity index (χ3v) is 6.43. The van der Waals surface area contributed by atoms with Gasteiger partial charge in [-0.1, -0.05) is 0 Å². The van der Waals surface area contributed by atoms with Gasteiger partial charge in [0.15, 0.2) is 0 Å². The Bertz CT molecular complexity index is 700. The van der Waals surface area contributed by atoms with Crippen molar-refractivity contribution in [2.75, 3.05) is 31.0 Å². The summed E-state index contributed by atoms with van der Waals surface area (Å²) in [6.45, 7) is -0.502. The Kier molecular flexibility index (Phi) is 6.75. The van der Waals surface area contributed by atoms with Crippen molar-refractivity contribution in [1.82, 2.24) is 10.2 Å². The van der Waals surface area contributed by atoms with Crippen molar-refractivity contribution in [3.8, 4) is 0 Å². The van der Waals surface area contributed by atoms with Gasteiger partial charge in [0.1, 0.15) is 17.1 Å². The maximum absolute atomic E-state index is 12.6. The van der Waals surface area contributed by atoms with Crippen LogP contribution in [0.1, 0.15) is 0 Å². The van der Waals surface area contributed by atoms with Gasteiger partial charge in [0.05, 0.1) is 12.4 Å². The average Bonchev–Trinajstić information content (AvgIpc) is 2.63. The average molecular weight is 421 g/mol. The van der Waals surface area contributed by atoms with Gasteiger partial charge in [-0.3, -0.25) is 19.3 Å². The van der Waals surface area contributed by atoms with Crippen molar-refractivity contribution in [2.45, 2.75) is 17.1 Å². The van der Waals surface area contributed by atoms with Crippen LogP contribution in [0.3, 0.4) is 0 Å². The van der Waals surface area contributed by atoms with E-state index in [0.29, 0.717) is 0 Å². The number of methoxy groups -OCH3 is 1. The van der Waals surface area contributed by atoms with E-state index in [1.165, 1.54) is 7.11 Å². The fourth-order valence-corrected chi connectivity index (χ4v) is 4.86. The van der Waals surface area contributed by atoms with Crippen molar-refractivity contribution < 1.29 is 39.2 Å². The number of fused-ring (bicyclic) bond motifs is 1. The smallest absolute Gasteiger partial charge is 0.352 e. The second-order valence-electron chi connectivity index (χ2n) is 5.70. The molecule has 2 amide bonds. The molecule has 11 nitrogen and oxygen atoms in total. The van der Waals surface area contributed by atoms with Crippen LogP contribution in [0, 0.1) is 0 Å². The second-order valence-corrected chi connectivity index (χ2v) is 7.80. The predicted octanol–water partition coefficient (Wildman–Crippen LogP) is -2.16. The SMILES string of the molecule is CO[C@@]1(NC(=O)CSC[C@@H](N)C(=O)O)C(=O)N2C(C(=O)O)=C(CO)CSC21. The molecule has 2 aliphatic rings. The van der Waals surface area contributed by atoms with E-state index < -0.39 is 47.5 Å². The fourth-order valence-electron chi connectivity index (χ4n) is 2.66. The Balaban J connectivity index is 2.08. The third-order valence-electron chi connectivity index (χ3n) is 4.00. The maximum atomic E-state index is 12.6. The van der Waals surface area contributed by atoms with E-state index in [1.807, 2.05) is 0 Å². The number of amides is 2. The number of hydrogen-bond donors (Lipinski definition) is 5. The number of carboxylic acids is 2. The highest BCUT2D eigenvalue weighted by Gasteiger charge is 2.66. The van der Waals surface area contributed by atoms with E-state index >= 15 is 0 Å². The number of rotatable bonds is 9. The summed E-state index contributed by atoms with van der Waals surface area (Å²) in [4.78, 5) is 47.9. The number of nitrogens with one attached hydrogen (secondary N) is 1. The lowest BCUT2D eigenvalue weighted by atomic mass is 9.98. The zero-order valence-electron chi connectivity index (χ0n) is 14.2. The first-order valence-electron chi connectivity index (χ1n) is 7.63. The highest BCUT2D eigenvalue weighted by atomic mass is 32.2. The summed E-state index contributed by atoms with van der Waals surface area (Å²) >= 11 is 2.14. The highest BCUT2D eigenvalue weighted by Crippen LogP contribution is 2.46. The van der Waals surface area contributed by atoms with E-state index in [2.05, 4.69) is 5.32 Å². The number of nitrogens with zero attached hydrogens (tertiary/aromatic N) is 1. The largest absolute Gasteiger partial charge is 0.480 e. The number of carbonyl (C=O) groups excluding carboxylic acids is 2. The molecule has 1 unspecified atom stereocenters. The molecule has 0 saturated carbocycles. The number of carbonyl (C=O) groups is 4. The Morgan fingerprint density at radius 3 is 2.67 bits per heavy atom. The van der Waals surface area contributed by atoms with Crippen molar-refractivity contribution >= 4 is 47.3 Å².